The third kappa shape index (κ3) is 3.87. The predicted molar refractivity (Wildman–Crippen MR) is 94.6 cm³/mol. The van der Waals surface area contributed by atoms with E-state index in [0.717, 1.165) is 5.56 Å². The summed E-state index contributed by atoms with van der Waals surface area (Å²) in [7, 11) is -3.70. The van der Waals surface area contributed by atoms with Gasteiger partial charge in [-0.15, -0.1) is 0 Å². The maximum Gasteiger partial charge on any atom is 0.238 e. The molecular weight excluding hydrogens is 324 g/mol. The molecule has 2 rings (SSSR count). The Morgan fingerprint density at radius 2 is 1.79 bits per heavy atom. The van der Waals surface area contributed by atoms with Gasteiger partial charge in [-0.3, -0.25) is 4.79 Å². The average Bonchev–Trinajstić information content (AvgIpc) is 2.98. The third-order valence-corrected chi connectivity index (χ3v) is 5.70. The minimum absolute atomic E-state index is 0.0291. The van der Waals surface area contributed by atoms with E-state index in [1.807, 2.05) is 20.8 Å². The fourth-order valence-electron chi connectivity index (χ4n) is 3.18. The van der Waals surface area contributed by atoms with Gasteiger partial charge in [0.2, 0.25) is 15.9 Å². The molecule has 0 radical (unpaired) electrons. The Labute approximate surface area is 144 Å². The monoisotopic (exact) mass is 350 g/mol. The molecule has 1 fully saturated rings. The van der Waals surface area contributed by atoms with Crippen molar-refractivity contribution < 1.29 is 13.2 Å². The van der Waals surface area contributed by atoms with Crippen LogP contribution in [0, 0.1) is 17.3 Å². The predicted octanol–water partition coefficient (Wildman–Crippen LogP) is 2.75. The molecule has 1 aliphatic carbocycles. The van der Waals surface area contributed by atoms with Crippen LogP contribution in [0.1, 0.15) is 46.2 Å². The van der Waals surface area contributed by atoms with E-state index >= 15 is 0 Å². The molecule has 0 aromatic heterocycles. The minimum atomic E-state index is -3.70. The average molecular weight is 350 g/mol. The molecule has 6 heteroatoms. The van der Waals surface area contributed by atoms with Gasteiger partial charge >= 0.3 is 0 Å². The van der Waals surface area contributed by atoms with E-state index in [-0.39, 0.29) is 34.1 Å². The molecule has 1 amide bonds. The minimum Gasteiger partial charge on any atom is -0.349 e. The fraction of sp³-hybridized carbons (Fsp3) is 0.500. The van der Waals surface area contributed by atoms with E-state index in [0.29, 0.717) is 0 Å². The highest BCUT2D eigenvalue weighted by molar-refractivity contribution is 7.89. The molecule has 1 aromatic rings. The van der Waals surface area contributed by atoms with Gasteiger partial charge in [-0.2, -0.15) is 0 Å². The molecule has 0 unspecified atom stereocenters. The molecule has 0 aliphatic heterocycles. The van der Waals surface area contributed by atoms with Gasteiger partial charge in [0.05, 0.1) is 16.9 Å². The Morgan fingerprint density at radius 3 is 2.25 bits per heavy atom. The van der Waals surface area contributed by atoms with Gasteiger partial charge in [0.25, 0.3) is 0 Å². The zero-order chi connectivity index (χ0) is 18.3. The summed E-state index contributed by atoms with van der Waals surface area (Å²) in [5.74, 6) is 0.267. The molecule has 3 atom stereocenters. The number of carbonyl (C=O) groups excluding carboxylic acids is 1. The molecule has 5 nitrogen and oxygen atoms in total. The SMILES string of the molecule is CC(C)=C[C@H]1[C@H](C(=O)N[C@@H](C)c2ccc(S(N)(=O)=O)cc2)C1(C)C. The summed E-state index contributed by atoms with van der Waals surface area (Å²) in [6.07, 6.45) is 2.16. The first-order valence-electron chi connectivity index (χ1n) is 8.02. The second-order valence-electron chi connectivity index (χ2n) is 7.41. The lowest BCUT2D eigenvalue weighted by atomic mass is 10.1. The maximum absolute atomic E-state index is 12.6. The number of nitrogens with one attached hydrogen (secondary N) is 1. The highest BCUT2D eigenvalue weighted by atomic mass is 32.2. The zero-order valence-corrected chi connectivity index (χ0v) is 15.6. The summed E-state index contributed by atoms with van der Waals surface area (Å²) in [5.41, 5.74) is 2.03. The number of rotatable bonds is 5. The van der Waals surface area contributed by atoms with Crippen LogP contribution >= 0.6 is 0 Å². The highest BCUT2D eigenvalue weighted by Crippen LogP contribution is 2.59. The third-order valence-electron chi connectivity index (χ3n) is 4.77. The Hall–Kier alpha value is -1.66. The summed E-state index contributed by atoms with van der Waals surface area (Å²) in [6.45, 7) is 10.2. The van der Waals surface area contributed by atoms with E-state index < -0.39 is 10.0 Å². The molecule has 24 heavy (non-hydrogen) atoms. The van der Waals surface area contributed by atoms with Gasteiger partial charge < -0.3 is 5.32 Å². The van der Waals surface area contributed by atoms with Gasteiger partial charge in [-0.1, -0.05) is 37.6 Å². The molecule has 0 bridgehead atoms. The molecule has 3 N–H and O–H groups in total. The Morgan fingerprint density at radius 1 is 1.25 bits per heavy atom. The summed E-state index contributed by atoms with van der Waals surface area (Å²) in [6, 6.07) is 6.07. The number of nitrogens with two attached hydrogens (primary N) is 1. The van der Waals surface area contributed by atoms with Crippen molar-refractivity contribution >= 4 is 15.9 Å². The summed E-state index contributed by atoms with van der Waals surface area (Å²) in [5, 5.41) is 8.12. The summed E-state index contributed by atoms with van der Waals surface area (Å²) in [4.78, 5) is 12.6. The second kappa shape index (κ2) is 6.33. The van der Waals surface area contributed by atoms with Crippen LogP contribution in [-0.4, -0.2) is 14.3 Å². The van der Waals surface area contributed by atoms with Gasteiger partial charge in [0.15, 0.2) is 0 Å². The van der Waals surface area contributed by atoms with Crippen LogP contribution in [0.3, 0.4) is 0 Å². The standard InChI is InChI=1S/C18H26N2O3S/c1-11(2)10-15-16(18(15,4)5)17(21)20-12(3)13-6-8-14(9-7-13)24(19,22)23/h6-10,12,15-16H,1-5H3,(H,20,21)(H2,19,22,23)/t12-,15-,16+/m0/s1. The maximum atomic E-state index is 12.6. The zero-order valence-electron chi connectivity index (χ0n) is 14.8. The van der Waals surface area contributed by atoms with E-state index in [4.69, 9.17) is 5.14 Å². The number of benzene rings is 1. The normalized spacial score (nSPS) is 23.2. The van der Waals surface area contributed by atoms with Crippen LogP contribution < -0.4 is 10.5 Å². The largest absolute Gasteiger partial charge is 0.349 e. The van der Waals surface area contributed by atoms with Crippen molar-refractivity contribution in [2.45, 2.75) is 45.6 Å². The van der Waals surface area contributed by atoms with Crippen molar-refractivity contribution in [2.75, 3.05) is 0 Å². The molecule has 0 spiro atoms. The quantitative estimate of drug-likeness (QED) is 0.800. The molecule has 0 saturated heterocycles. The van der Waals surface area contributed by atoms with E-state index in [2.05, 4.69) is 25.2 Å². The van der Waals surface area contributed by atoms with Crippen LogP contribution in [0.2, 0.25) is 0 Å². The van der Waals surface area contributed by atoms with Crippen molar-refractivity contribution in [3.63, 3.8) is 0 Å². The number of amides is 1. The lowest BCUT2D eigenvalue weighted by molar-refractivity contribution is -0.123. The smallest absolute Gasteiger partial charge is 0.238 e. The van der Waals surface area contributed by atoms with Crippen LogP contribution in [0.4, 0.5) is 0 Å². The Balaban J connectivity index is 2.06. The van der Waals surface area contributed by atoms with Crippen molar-refractivity contribution in [3.05, 3.63) is 41.5 Å². The molecular formula is C18H26N2O3S. The summed E-state index contributed by atoms with van der Waals surface area (Å²) < 4.78 is 22.6. The van der Waals surface area contributed by atoms with Crippen molar-refractivity contribution in [1.29, 1.82) is 0 Å². The molecule has 1 aliphatic rings. The number of hydrogen-bond donors (Lipinski definition) is 2. The van der Waals surface area contributed by atoms with Crippen molar-refractivity contribution in [1.82, 2.24) is 5.32 Å². The van der Waals surface area contributed by atoms with Crippen LogP contribution in [0.25, 0.3) is 0 Å². The van der Waals surface area contributed by atoms with Crippen LogP contribution in [-0.2, 0) is 14.8 Å². The topological polar surface area (TPSA) is 89.3 Å². The van der Waals surface area contributed by atoms with Gasteiger partial charge in [0, 0.05) is 0 Å². The Kier molecular flexibility index (Phi) is 4.93. The molecule has 1 aromatic carbocycles. The molecule has 0 heterocycles. The number of carbonyl (C=O) groups is 1. The number of primary sulfonamides is 1. The van der Waals surface area contributed by atoms with Crippen LogP contribution in [0.5, 0.6) is 0 Å². The van der Waals surface area contributed by atoms with Crippen molar-refractivity contribution in [2.24, 2.45) is 22.4 Å². The number of sulfonamides is 1. The van der Waals surface area contributed by atoms with Gasteiger partial charge in [0.1, 0.15) is 0 Å². The van der Waals surface area contributed by atoms with E-state index in [1.54, 1.807) is 12.1 Å². The van der Waals surface area contributed by atoms with Gasteiger partial charge in [-0.25, -0.2) is 13.6 Å². The fourth-order valence-corrected chi connectivity index (χ4v) is 3.70. The van der Waals surface area contributed by atoms with Gasteiger partial charge in [-0.05, 0) is 49.8 Å². The van der Waals surface area contributed by atoms with Crippen LogP contribution in [0.15, 0.2) is 40.8 Å². The Bertz CT molecular complexity index is 760. The first-order valence-corrected chi connectivity index (χ1v) is 9.57. The summed E-state index contributed by atoms with van der Waals surface area (Å²) >= 11 is 0. The van der Waals surface area contributed by atoms with E-state index in [9.17, 15) is 13.2 Å². The van der Waals surface area contributed by atoms with E-state index in [1.165, 1.54) is 17.7 Å². The lowest BCUT2D eigenvalue weighted by Crippen LogP contribution is -2.29. The second-order valence-corrected chi connectivity index (χ2v) is 8.97. The highest BCUT2D eigenvalue weighted by Gasteiger charge is 2.60. The molecule has 1 saturated carbocycles. The first-order chi connectivity index (χ1) is 10.9. The first kappa shape index (κ1) is 18.7. The number of allylic oxidation sites excluding steroid dienone is 2. The van der Waals surface area contributed by atoms with Crippen molar-refractivity contribution in [3.8, 4) is 0 Å². The number of hydrogen-bond acceptors (Lipinski definition) is 3. The lowest BCUT2D eigenvalue weighted by Gasteiger charge is -2.15. The molecule has 132 valence electrons.